The molecule has 4 aliphatic carbocycles. The summed E-state index contributed by atoms with van der Waals surface area (Å²) in [6.07, 6.45) is 6.60. The average molecular weight is 343 g/mol. The van der Waals surface area contributed by atoms with E-state index in [1.807, 2.05) is 0 Å². The van der Waals surface area contributed by atoms with E-state index in [4.69, 9.17) is 19.0 Å². The number of aromatic carboxylic acids is 1. The summed E-state index contributed by atoms with van der Waals surface area (Å²) in [5, 5.41) is 9.16. The maximum Gasteiger partial charge on any atom is 0.392 e. The number of oxazole rings is 1. The fraction of sp³-hybridized carbons (Fsp3) is 0.579. The molecule has 1 aromatic heterocycles. The average Bonchev–Trinajstić information content (AvgIpc) is 3.01. The summed E-state index contributed by atoms with van der Waals surface area (Å²) in [5.41, 5.74) is 0.850. The smallest absolute Gasteiger partial charge is 0.392 e. The van der Waals surface area contributed by atoms with Crippen molar-refractivity contribution in [1.82, 2.24) is 4.98 Å². The molecule has 4 saturated carbocycles. The van der Waals surface area contributed by atoms with Crippen LogP contribution in [0.2, 0.25) is 0 Å². The molecule has 1 aromatic carbocycles. The van der Waals surface area contributed by atoms with Crippen LogP contribution in [0.4, 0.5) is 0 Å². The van der Waals surface area contributed by atoms with Gasteiger partial charge < -0.3 is 19.0 Å². The third-order valence-corrected chi connectivity index (χ3v) is 6.26. The Morgan fingerprint density at radius 2 is 1.84 bits per heavy atom. The molecule has 0 amide bonds. The number of ether oxygens (including phenoxy) is 2. The van der Waals surface area contributed by atoms with E-state index in [-0.39, 0.29) is 12.0 Å². The first kappa shape index (κ1) is 15.0. The van der Waals surface area contributed by atoms with Gasteiger partial charge in [-0.15, -0.1) is 0 Å². The van der Waals surface area contributed by atoms with Gasteiger partial charge in [0.2, 0.25) is 0 Å². The minimum atomic E-state index is -1.18. The molecule has 0 spiro atoms. The highest BCUT2D eigenvalue weighted by molar-refractivity contribution is 5.89. The number of fused-ring (bicyclic) bond motifs is 1. The molecule has 0 atom stereocenters. The minimum Gasteiger partial charge on any atom is -0.496 e. The predicted molar refractivity (Wildman–Crippen MR) is 89.0 cm³/mol. The molecule has 132 valence electrons. The standard InChI is InChI=1S/C19H21NO5/c1-23-13-7-14(16-15(8-13)25-18(20-16)19(21)22)24-17-11-3-9-2-10(5-11)6-12(17)4-9/h7-12,17H,2-6H2,1H3,(H,21,22). The van der Waals surface area contributed by atoms with Crippen LogP contribution >= 0.6 is 0 Å². The van der Waals surface area contributed by atoms with Crippen LogP contribution in [0.1, 0.15) is 42.8 Å². The number of carbonyl (C=O) groups is 1. The summed E-state index contributed by atoms with van der Waals surface area (Å²) in [7, 11) is 1.57. The van der Waals surface area contributed by atoms with E-state index >= 15 is 0 Å². The summed E-state index contributed by atoms with van der Waals surface area (Å²) in [6, 6.07) is 3.44. The van der Waals surface area contributed by atoms with E-state index in [1.165, 1.54) is 32.1 Å². The molecular weight excluding hydrogens is 322 g/mol. The SMILES string of the molecule is COc1cc(OC2C3CC4CC(C3)CC2C4)c2nc(C(=O)O)oc2c1. The van der Waals surface area contributed by atoms with Crippen molar-refractivity contribution in [3.8, 4) is 11.5 Å². The van der Waals surface area contributed by atoms with Gasteiger partial charge in [0.25, 0.3) is 0 Å². The summed E-state index contributed by atoms with van der Waals surface area (Å²) in [5.74, 6) is 2.60. The van der Waals surface area contributed by atoms with E-state index in [0.29, 0.717) is 34.4 Å². The van der Waals surface area contributed by atoms with E-state index in [2.05, 4.69) is 4.98 Å². The van der Waals surface area contributed by atoms with E-state index < -0.39 is 5.97 Å². The van der Waals surface area contributed by atoms with Crippen LogP contribution in [0.15, 0.2) is 16.5 Å². The fourth-order valence-electron chi connectivity index (χ4n) is 5.49. The molecule has 6 rings (SSSR count). The van der Waals surface area contributed by atoms with Crippen LogP contribution in [0.3, 0.4) is 0 Å². The number of carboxylic acid groups (broad SMARTS) is 1. The molecule has 0 aliphatic heterocycles. The van der Waals surface area contributed by atoms with Crippen molar-refractivity contribution in [3.63, 3.8) is 0 Å². The molecule has 0 unspecified atom stereocenters. The van der Waals surface area contributed by atoms with Gasteiger partial charge in [0.05, 0.1) is 7.11 Å². The monoisotopic (exact) mass is 343 g/mol. The Balaban J connectivity index is 1.52. The molecule has 4 bridgehead atoms. The summed E-state index contributed by atoms with van der Waals surface area (Å²) >= 11 is 0. The molecule has 4 aliphatic rings. The Kier molecular flexibility index (Phi) is 3.24. The van der Waals surface area contributed by atoms with Crippen LogP contribution in [-0.4, -0.2) is 29.3 Å². The number of rotatable bonds is 4. The van der Waals surface area contributed by atoms with Gasteiger partial charge in [-0.2, -0.15) is 4.98 Å². The van der Waals surface area contributed by atoms with Crippen molar-refractivity contribution in [1.29, 1.82) is 0 Å². The topological polar surface area (TPSA) is 81.8 Å². The quantitative estimate of drug-likeness (QED) is 0.911. The van der Waals surface area contributed by atoms with Gasteiger partial charge in [-0.25, -0.2) is 4.79 Å². The summed E-state index contributed by atoms with van der Waals surface area (Å²) < 4.78 is 17.1. The first-order valence-corrected chi connectivity index (χ1v) is 8.99. The molecular formula is C19H21NO5. The molecule has 4 fully saturated rings. The first-order valence-electron chi connectivity index (χ1n) is 8.99. The highest BCUT2D eigenvalue weighted by atomic mass is 16.5. The Labute approximate surface area is 145 Å². The lowest BCUT2D eigenvalue weighted by Gasteiger charge is -2.53. The van der Waals surface area contributed by atoms with Crippen molar-refractivity contribution in [3.05, 3.63) is 18.0 Å². The van der Waals surface area contributed by atoms with Crippen molar-refractivity contribution in [2.45, 2.75) is 38.2 Å². The van der Waals surface area contributed by atoms with Crippen LogP contribution < -0.4 is 9.47 Å². The maximum atomic E-state index is 11.2. The van der Waals surface area contributed by atoms with Crippen LogP contribution in [0.5, 0.6) is 11.5 Å². The van der Waals surface area contributed by atoms with Gasteiger partial charge in [-0.3, -0.25) is 0 Å². The highest BCUT2D eigenvalue weighted by Crippen LogP contribution is 2.55. The summed E-state index contributed by atoms with van der Waals surface area (Å²) in [6.45, 7) is 0. The third kappa shape index (κ3) is 2.38. The highest BCUT2D eigenvalue weighted by Gasteiger charge is 2.49. The lowest BCUT2D eigenvalue weighted by atomic mass is 9.55. The third-order valence-electron chi connectivity index (χ3n) is 6.26. The Bertz CT molecular complexity index is 814. The van der Waals surface area contributed by atoms with Crippen molar-refractivity contribution in [2.24, 2.45) is 23.7 Å². The first-order chi connectivity index (χ1) is 12.1. The van der Waals surface area contributed by atoms with Crippen LogP contribution in [-0.2, 0) is 0 Å². The van der Waals surface area contributed by atoms with Gasteiger partial charge in [-0.05, 0) is 55.8 Å². The number of hydrogen-bond acceptors (Lipinski definition) is 5. The van der Waals surface area contributed by atoms with Gasteiger partial charge in [0.1, 0.15) is 11.9 Å². The van der Waals surface area contributed by atoms with Crippen molar-refractivity contribution in [2.75, 3.05) is 7.11 Å². The largest absolute Gasteiger partial charge is 0.496 e. The molecule has 2 aromatic rings. The molecule has 1 heterocycles. The molecule has 25 heavy (non-hydrogen) atoms. The van der Waals surface area contributed by atoms with Crippen molar-refractivity contribution < 1.29 is 23.8 Å². The Morgan fingerprint density at radius 1 is 1.16 bits per heavy atom. The second kappa shape index (κ2) is 5.38. The zero-order valence-electron chi connectivity index (χ0n) is 14.1. The molecule has 6 nitrogen and oxygen atoms in total. The van der Waals surface area contributed by atoms with Gasteiger partial charge in [-0.1, -0.05) is 0 Å². The molecule has 6 heteroatoms. The van der Waals surface area contributed by atoms with Crippen LogP contribution in [0.25, 0.3) is 11.1 Å². The molecule has 0 radical (unpaired) electrons. The number of nitrogens with zero attached hydrogens (tertiary/aromatic N) is 1. The van der Waals surface area contributed by atoms with Gasteiger partial charge >= 0.3 is 11.9 Å². The van der Waals surface area contributed by atoms with Crippen LogP contribution in [0, 0.1) is 23.7 Å². The predicted octanol–water partition coefficient (Wildman–Crippen LogP) is 3.74. The number of hydrogen-bond donors (Lipinski definition) is 1. The number of methoxy groups -OCH3 is 1. The van der Waals surface area contributed by atoms with Gasteiger partial charge in [0.15, 0.2) is 16.8 Å². The van der Waals surface area contributed by atoms with Crippen molar-refractivity contribution >= 4 is 17.1 Å². The minimum absolute atomic E-state index is 0.188. The van der Waals surface area contributed by atoms with Gasteiger partial charge in [0, 0.05) is 12.1 Å². The normalized spacial score (nSPS) is 32.9. The zero-order valence-corrected chi connectivity index (χ0v) is 14.1. The fourth-order valence-corrected chi connectivity index (χ4v) is 5.49. The second-order valence-corrected chi connectivity index (χ2v) is 7.81. The number of benzene rings is 1. The second-order valence-electron chi connectivity index (χ2n) is 7.81. The number of carboxylic acids is 1. The van der Waals surface area contributed by atoms with E-state index in [9.17, 15) is 4.79 Å². The number of aromatic nitrogens is 1. The molecule has 1 N–H and O–H groups in total. The lowest BCUT2D eigenvalue weighted by molar-refractivity contribution is -0.0785. The lowest BCUT2D eigenvalue weighted by Crippen LogP contribution is -2.50. The molecule has 0 saturated heterocycles. The maximum absolute atomic E-state index is 11.2. The zero-order chi connectivity index (χ0) is 17.1. The summed E-state index contributed by atoms with van der Waals surface area (Å²) in [4.78, 5) is 15.3. The Morgan fingerprint density at radius 3 is 2.44 bits per heavy atom. The van der Waals surface area contributed by atoms with E-state index in [1.54, 1.807) is 19.2 Å². The Hall–Kier alpha value is -2.24. The van der Waals surface area contributed by atoms with E-state index in [0.717, 1.165) is 11.8 Å².